The van der Waals surface area contributed by atoms with Gasteiger partial charge in [-0.3, -0.25) is 14.9 Å². The number of amides is 3. The van der Waals surface area contributed by atoms with Crippen LogP contribution in [0.4, 0.5) is 4.79 Å². The molecule has 1 saturated heterocycles. The number of hydrogen-bond acceptors (Lipinski definition) is 9. The molecule has 3 N–H and O–H groups in total. The zero-order valence-corrected chi connectivity index (χ0v) is 27.3. The number of hydrogen-bond donors (Lipinski definition) is 3. The lowest BCUT2D eigenvalue weighted by Crippen LogP contribution is -2.45. The Morgan fingerprint density at radius 1 is 1.09 bits per heavy atom. The number of nitrogens with one attached hydrogen (secondary N) is 3. The SMILES string of the molecule is CCOC(=O)/C=C/[C@H](C[C@@H]1CCNC1=O)NC(=O)[C@H](CC(C)C)OC(=O)/C(NC(=O)OCc1ccccc1)=C(/C)OC(C)(C)C. The molecule has 3 amide bonds. The molecule has 0 radical (unpaired) electrons. The molecule has 2 rings (SSSR count). The van der Waals surface area contributed by atoms with E-state index in [2.05, 4.69) is 16.0 Å². The van der Waals surface area contributed by atoms with Crippen LogP contribution in [0.15, 0.2) is 53.9 Å². The van der Waals surface area contributed by atoms with E-state index in [0.717, 1.165) is 5.56 Å². The largest absolute Gasteiger partial charge is 0.490 e. The summed E-state index contributed by atoms with van der Waals surface area (Å²) >= 11 is 0. The topological polar surface area (TPSA) is 158 Å². The third-order valence-corrected chi connectivity index (χ3v) is 6.46. The van der Waals surface area contributed by atoms with Crippen LogP contribution in [-0.2, 0) is 44.7 Å². The zero-order valence-electron chi connectivity index (χ0n) is 27.3. The van der Waals surface area contributed by atoms with Crippen LogP contribution in [0.2, 0.25) is 0 Å². The van der Waals surface area contributed by atoms with Gasteiger partial charge in [0.1, 0.15) is 18.0 Å². The van der Waals surface area contributed by atoms with Crippen LogP contribution >= 0.6 is 0 Å². The molecule has 1 fully saturated rings. The van der Waals surface area contributed by atoms with Crippen molar-refractivity contribution in [2.24, 2.45) is 11.8 Å². The van der Waals surface area contributed by atoms with E-state index in [4.69, 9.17) is 18.9 Å². The van der Waals surface area contributed by atoms with Crippen LogP contribution in [0.5, 0.6) is 0 Å². The summed E-state index contributed by atoms with van der Waals surface area (Å²) in [6, 6.07) is 8.30. The van der Waals surface area contributed by atoms with Gasteiger partial charge in [0.25, 0.3) is 5.91 Å². The average molecular weight is 630 g/mol. The summed E-state index contributed by atoms with van der Waals surface area (Å²) in [7, 11) is 0. The molecule has 1 heterocycles. The highest BCUT2D eigenvalue weighted by atomic mass is 16.6. The number of allylic oxidation sites excluding steroid dienone is 1. The van der Waals surface area contributed by atoms with E-state index in [1.54, 1.807) is 52.0 Å². The lowest BCUT2D eigenvalue weighted by atomic mass is 9.97. The Kier molecular flexibility index (Phi) is 14.6. The summed E-state index contributed by atoms with van der Waals surface area (Å²) in [5, 5.41) is 8.00. The first kappa shape index (κ1) is 36.8. The summed E-state index contributed by atoms with van der Waals surface area (Å²) in [5.41, 5.74) is -0.282. The third-order valence-electron chi connectivity index (χ3n) is 6.46. The van der Waals surface area contributed by atoms with E-state index >= 15 is 0 Å². The minimum absolute atomic E-state index is 0.0354. The summed E-state index contributed by atoms with van der Waals surface area (Å²) in [4.78, 5) is 64.0. The van der Waals surface area contributed by atoms with Crippen molar-refractivity contribution in [3.63, 3.8) is 0 Å². The molecule has 1 aliphatic heterocycles. The van der Waals surface area contributed by atoms with Crippen molar-refractivity contribution < 1.29 is 42.9 Å². The van der Waals surface area contributed by atoms with Gasteiger partial charge in [-0.2, -0.15) is 0 Å². The summed E-state index contributed by atoms with van der Waals surface area (Å²) in [6.07, 6.45) is 1.45. The van der Waals surface area contributed by atoms with Crippen LogP contribution in [0.1, 0.15) is 73.3 Å². The Hall–Kier alpha value is -4.35. The molecule has 45 heavy (non-hydrogen) atoms. The van der Waals surface area contributed by atoms with Gasteiger partial charge in [-0.1, -0.05) is 50.3 Å². The van der Waals surface area contributed by atoms with E-state index < -0.39 is 41.7 Å². The maximum atomic E-state index is 13.6. The quantitative estimate of drug-likeness (QED) is 0.113. The molecular weight excluding hydrogens is 582 g/mol. The highest BCUT2D eigenvalue weighted by Gasteiger charge is 2.32. The number of rotatable bonds is 15. The van der Waals surface area contributed by atoms with Crippen LogP contribution in [-0.4, -0.2) is 60.7 Å². The number of alkyl carbamates (subject to hydrolysis) is 1. The fourth-order valence-corrected chi connectivity index (χ4v) is 4.50. The molecule has 1 aromatic rings. The smallest absolute Gasteiger partial charge is 0.412 e. The molecule has 0 unspecified atom stereocenters. The van der Waals surface area contributed by atoms with Crippen molar-refractivity contribution in [2.45, 2.75) is 92.1 Å². The van der Waals surface area contributed by atoms with Gasteiger partial charge in [-0.15, -0.1) is 0 Å². The van der Waals surface area contributed by atoms with E-state index in [1.807, 2.05) is 19.9 Å². The Morgan fingerprint density at radius 2 is 1.78 bits per heavy atom. The summed E-state index contributed by atoms with van der Waals surface area (Å²) < 4.78 is 21.8. The van der Waals surface area contributed by atoms with Crippen molar-refractivity contribution >= 4 is 29.8 Å². The molecule has 0 aromatic heterocycles. The van der Waals surface area contributed by atoms with Crippen molar-refractivity contribution in [2.75, 3.05) is 13.2 Å². The number of ether oxygens (including phenoxy) is 4. The van der Waals surface area contributed by atoms with Crippen LogP contribution in [0.25, 0.3) is 0 Å². The second-order valence-corrected chi connectivity index (χ2v) is 12.1. The van der Waals surface area contributed by atoms with Crippen molar-refractivity contribution in [3.05, 3.63) is 59.5 Å². The molecule has 0 aliphatic carbocycles. The van der Waals surface area contributed by atoms with Gasteiger partial charge < -0.3 is 29.6 Å². The summed E-state index contributed by atoms with van der Waals surface area (Å²) in [5.74, 6) is -2.73. The van der Waals surface area contributed by atoms with Crippen LogP contribution in [0.3, 0.4) is 0 Å². The standard InChI is InChI=1S/C33H47N3O9/c1-8-42-27(37)15-14-25(19-24-16-17-34-29(24)38)35-30(39)26(18-21(2)3)44-31(40)28(22(4)45-33(5,6)7)36-32(41)43-20-23-12-10-9-11-13-23/h9-15,21,24-26H,8,16-20H2,1-7H3,(H,34,38)(H,35,39)(H,36,41)/b15-14+,28-22+/t24-,25+,26-/m0/s1. The maximum Gasteiger partial charge on any atom is 0.412 e. The van der Waals surface area contributed by atoms with Gasteiger partial charge in [0.15, 0.2) is 11.8 Å². The molecule has 0 saturated carbocycles. The first-order valence-corrected chi connectivity index (χ1v) is 15.2. The molecule has 1 aromatic carbocycles. The van der Waals surface area contributed by atoms with Gasteiger partial charge in [-0.25, -0.2) is 14.4 Å². The second-order valence-electron chi connectivity index (χ2n) is 12.1. The molecule has 0 spiro atoms. The van der Waals surface area contributed by atoms with E-state index in [0.29, 0.717) is 13.0 Å². The molecule has 12 nitrogen and oxygen atoms in total. The maximum absolute atomic E-state index is 13.6. The molecule has 12 heteroatoms. The number of benzene rings is 1. The van der Waals surface area contributed by atoms with Gasteiger partial charge in [0, 0.05) is 24.6 Å². The Morgan fingerprint density at radius 3 is 2.36 bits per heavy atom. The minimum Gasteiger partial charge on any atom is -0.490 e. The lowest BCUT2D eigenvalue weighted by Gasteiger charge is -2.26. The predicted molar refractivity (Wildman–Crippen MR) is 166 cm³/mol. The minimum atomic E-state index is -1.27. The van der Waals surface area contributed by atoms with Gasteiger partial charge in [0.05, 0.1) is 6.61 Å². The van der Waals surface area contributed by atoms with Crippen molar-refractivity contribution in [3.8, 4) is 0 Å². The molecular formula is C33H47N3O9. The fourth-order valence-electron chi connectivity index (χ4n) is 4.50. The fraction of sp³-hybridized carbons (Fsp3) is 0.545. The first-order valence-electron chi connectivity index (χ1n) is 15.2. The highest BCUT2D eigenvalue weighted by Crippen LogP contribution is 2.20. The van der Waals surface area contributed by atoms with Gasteiger partial charge in [0.2, 0.25) is 5.91 Å². The van der Waals surface area contributed by atoms with E-state index in [-0.39, 0.29) is 55.3 Å². The Bertz CT molecular complexity index is 1240. The number of carbonyl (C=O) groups excluding carboxylic acids is 5. The van der Waals surface area contributed by atoms with Crippen LogP contribution < -0.4 is 16.0 Å². The van der Waals surface area contributed by atoms with Crippen molar-refractivity contribution in [1.29, 1.82) is 0 Å². The third kappa shape index (κ3) is 13.9. The number of esters is 2. The van der Waals surface area contributed by atoms with Crippen LogP contribution in [0, 0.1) is 11.8 Å². The van der Waals surface area contributed by atoms with Gasteiger partial charge >= 0.3 is 18.0 Å². The Balaban J connectivity index is 2.27. The molecule has 1 aliphatic rings. The number of carbonyl (C=O) groups is 5. The van der Waals surface area contributed by atoms with E-state index in [9.17, 15) is 24.0 Å². The molecule has 0 bridgehead atoms. The van der Waals surface area contributed by atoms with Gasteiger partial charge in [-0.05, 0) is 65.4 Å². The van der Waals surface area contributed by atoms with Crippen molar-refractivity contribution in [1.82, 2.24) is 16.0 Å². The zero-order chi connectivity index (χ0) is 33.6. The summed E-state index contributed by atoms with van der Waals surface area (Å²) in [6.45, 7) is 12.9. The highest BCUT2D eigenvalue weighted by molar-refractivity contribution is 5.95. The first-order chi connectivity index (χ1) is 21.2. The lowest BCUT2D eigenvalue weighted by molar-refractivity contribution is -0.154. The second kappa shape index (κ2) is 17.8. The predicted octanol–water partition coefficient (Wildman–Crippen LogP) is 4.05. The normalized spacial score (nSPS) is 16.7. The molecule has 3 atom stereocenters. The average Bonchev–Trinajstić information content (AvgIpc) is 3.36. The van der Waals surface area contributed by atoms with E-state index in [1.165, 1.54) is 19.1 Å². The Labute approximate surface area is 265 Å². The molecule has 248 valence electrons. The monoisotopic (exact) mass is 629 g/mol.